The zero-order valence-electron chi connectivity index (χ0n) is 14.2. The zero-order chi connectivity index (χ0) is 18.9. The van der Waals surface area contributed by atoms with Gasteiger partial charge in [0.2, 0.25) is 10.0 Å². The summed E-state index contributed by atoms with van der Waals surface area (Å²) in [6.45, 7) is 3.28. The lowest BCUT2D eigenvalue weighted by molar-refractivity contribution is 0.101. The standard InChI is InChI=1S/C17H17N3O4S2/c1-11(21)13-4-3-5-14(10-13)26(23,24)18-7-8-20-12(2)19-16-15(17(20)22)6-9-25-16/h3-6,9-10,18H,7-8H2,1-2H3. The van der Waals surface area contributed by atoms with Gasteiger partial charge < -0.3 is 0 Å². The summed E-state index contributed by atoms with van der Waals surface area (Å²) < 4.78 is 28.7. The third-order valence-electron chi connectivity index (χ3n) is 3.95. The van der Waals surface area contributed by atoms with Crippen molar-refractivity contribution < 1.29 is 13.2 Å². The van der Waals surface area contributed by atoms with E-state index >= 15 is 0 Å². The van der Waals surface area contributed by atoms with E-state index in [1.165, 1.54) is 41.0 Å². The van der Waals surface area contributed by atoms with Crippen LogP contribution in [0.2, 0.25) is 0 Å². The van der Waals surface area contributed by atoms with Gasteiger partial charge in [0.25, 0.3) is 5.56 Å². The van der Waals surface area contributed by atoms with Crippen molar-refractivity contribution in [3.63, 3.8) is 0 Å². The summed E-state index contributed by atoms with van der Waals surface area (Å²) in [6, 6.07) is 7.55. The Morgan fingerprint density at radius 3 is 2.81 bits per heavy atom. The number of Topliss-reactive ketones (excluding diaryl/α,β-unsaturated/α-hetero) is 1. The maximum atomic E-state index is 12.5. The zero-order valence-corrected chi connectivity index (χ0v) is 15.9. The van der Waals surface area contributed by atoms with Crippen molar-refractivity contribution in [2.45, 2.75) is 25.3 Å². The second-order valence-corrected chi connectivity index (χ2v) is 8.40. The molecule has 0 atom stereocenters. The normalized spacial score (nSPS) is 11.8. The molecule has 2 heterocycles. The molecule has 0 unspecified atom stereocenters. The summed E-state index contributed by atoms with van der Waals surface area (Å²) in [6.07, 6.45) is 0. The Morgan fingerprint density at radius 1 is 1.31 bits per heavy atom. The third kappa shape index (κ3) is 3.59. The molecule has 3 aromatic rings. The maximum absolute atomic E-state index is 12.5. The first kappa shape index (κ1) is 18.4. The first-order valence-corrected chi connectivity index (χ1v) is 10.2. The quantitative estimate of drug-likeness (QED) is 0.648. The molecule has 9 heteroatoms. The number of thiophene rings is 1. The van der Waals surface area contributed by atoms with E-state index in [0.717, 1.165) is 0 Å². The number of benzene rings is 1. The van der Waals surface area contributed by atoms with Crippen LogP contribution in [0.4, 0.5) is 0 Å². The molecular formula is C17H17N3O4S2. The van der Waals surface area contributed by atoms with Gasteiger partial charge in [-0.25, -0.2) is 18.1 Å². The van der Waals surface area contributed by atoms with Gasteiger partial charge in [0.1, 0.15) is 10.7 Å². The minimum absolute atomic E-state index is 0.0145. The van der Waals surface area contributed by atoms with Gasteiger partial charge in [-0.2, -0.15) is 0 Å². The van der Waals surface area contributed by atoms with Crippen LogP contribution in [-0.2, 0) is 16.6 Å². The van der Waals surface area contributed by atoms with Crippen LogP contribution in [0.5, 0.6) is 0 Å². The van der Waals surface area contributed by atoms with Crippen molar-refractivity contribution in [2.24, 2.45) is 0 Å². The van der Waals surface area contributed by atoms with Gasteiger partial charge in [-0.3, -0.25) is 14.2 Å². The molecule has 0 bridgehead atoms. The van der Waals surface area contributed by atoms with Crippen LogP contribution in [0.1, 0.15) is 23.1 Å². The summed E-state index contributed by atoms with van der Waals surface area (Å²) in [5.74, 6) is 0.321. The van der Waals surface area contributed by atoms with Gasteiger partial charge in [-0.15, -0.1) is 11.3 Å². The molecule has 3 rings (SSSR count). The van der Waals surface area contributed by atoms with E-state index in [1.54, 1.807) is 24.4 Å². The average molecular weight is 391 g/mol. The highest BCUT2D eigenvalue weighted by atomic mass is 32.2. The Morgan fingerprint density at radius 2 is 2.08 bits per heavy atom. The largest absolute Gasteiger partial charge is 0.295 e. The molecule has 0 saturated carbocycles. The van der Waals surface area contributed by atoms with Crippen LogP contribution < -0.4 is 10.3 Å². The summed E-state index contributed by atoms with van der Waals surface area (Å²) in [7, 11) is -3.78. The molecule has 0 fully saturated rings. The topological polar surface area (TPSA) is 98.1 Å². The predicted octanol–water partition coefficient (Wildman–Crippen LogP) is 1.95. The van der Waals surface area contributed by atoms with Gasteiger partial charge in [-0.1, -0.05) is 12.1 Å². The van der Waals surface area contributed by atoms with E-state index in [4.69, 9.17) is 0 Å². The first-order valence-electron chi connectivity index (χ1n) is 7.85. The molecule has 1 N–H and O–H groups in total. The Kier molecular flexibility index (Phi) is 5.03. The lowest BCUT2D eigenvalue weighted by atomic mass is 10.2. The molecule has 136 valence electrons. The van der Waals surface area contributed by atoms with Gasteiger partial charge >= 0.3 is 0 Å². The van der Waals surface area contributed by atoms with E-state index in [-0.39, 0.29) is 29.3 Å². The number of rotatable bonds is 6. The Balaban J connectivity index is 1.78. The highest BCUT2D eigenvalue weighted by Crippen LogP contribution is 2.15. The molecule has 0 aliphatic heterocycles. The SMILES string of the molecule is CC(=O)c1cccc(S(=O)(=O)NCCn2c(C)nc3sccc3c2=O)c1. The van der Waals surface area contributed by atoms with Crippen LogP contribution in [0.15, 0.2) is 45.4 Å². The van der Waals surface area contributed by atoms with Crippen molar-refractivity contribution in [3.05, 3.63) is 57.5 Å². The molecule has 26 heavy (non-hydrogen) atoms. The highest BCUT2D eigenvalue weighted by molar-refractivity contribution is 7.89. The second kappa shape index (κ2) is 7.10. The number of aryl methyl sites for hydroxylation is 1. The van der Waals surface area contributed by atoms with Crippen molar-refractivity contribution in [3.8, 4) is 0 Å². The predicted molar refractivity (Wildman–Crippen MR) is 100 cm³/mol. The lowest BCUT2D eigenvalue weighted by Gasteiger charge is -2.11. The van der Waals surface area contributed by atoms with E-state index in [0.29, 0.717) is 21.6 Å². The molecule has 0 amide bonds. The molecule has 1 aromatic carbocycles. The summed E-state index contributed by atoms with van der Waals surface area (Å²) in [5.41, 5.74) is 0.138. The Hall–Kier alpha value is -2.36. The van der Waals surface area contributed by atoms with Crippen LogP contribution in [0.25, 0.3) is 10.2 Å². The van der Waals surface area contributed by atoms with Gasteiger partial charge in [-0.05, 0) is 37.4 Å². The van der Waals surface area contributed by atoms with Gasteiger partial charge in [0.15, 0.2) is 5.78 Å². The average Bonchev–Trinajstić information content (AvgIpc) is 3.06. The highest BCUT2D eigenvalue weighted by Gasteiger charge is 2.16. The van der Waals surface area contributed by atoms with Crippen LogP contribution in [-0.4, -0.2) is 30.3 Å². The number of ketones is 1. The smallest absolute Gasteiger partial charge is 0.262 e. The van der Waals surface area contributed by atoms with Crippen molar-refractivity contribution in [1.82, 2.24) is 14.3 Å². The number of nitrogens with zero attached hydrogens (tertiary/aromatic N) is 2. The maximum Gasteiger partial charge on any atom is 0.262 e. The second-order valence-electron chi connectivity index (χ2n) is 5.74. The molecule has 0 saturated heterocycles. The third-order valence-corrected chi connectivity index (χ3v) is 6.22. The summed E-state index contributed by atoms with van der Waals surface area (Å²) in [5, 5.41) is 2.32. The minimum atomic E-state index is -3.78. The number of fused-ring (bicyclic) bond motifs is 1. The molecule has 7 nitrogen and oxygen atoms in total. The number of carbonyl (C=O) groups is 1. The Labute approximate surface area is 154 Å². The van der Waals surface area contributed by atoms with Crippen LogP contribution >= 0.6 is 11.3 Å². The van der Waals surface area contributed by atoms with Gasteiger partial charge in [0, 0.05) is 18.7 Å². The van der Waals surface area contributed by atoms with E-state index in [1.807, 2.05) is 0 Å². The summed E-state index contributed by atoms with van der Waals surface area (Å²) in [4.78, 5) is 28.9. The molecular weight excluding hydrogens is 374 g/mol. The van der Waals surface area contributed by atoms with E-state index in [2.05, 4.69) is 9.71 Å². The molecule has 2 aromatic heterocycles. The fourth-order valence-corrected chi connectivity index (χ4v) is 4.44. The number of sulfonamides is 1. The fraction of sp³-hybridized carbons (Fsp3) is 0.235. The fourth-order valence-electron chi connectivity index (χ4n) is 2.57. The monoisotopic (exact) mass is 391 g/mol. The lowest BCUT2D eigenvalue weighted by Crippen LogP contribution is -2.32. The molecule has 0 aliphatic rings. The number of hydrogen-bond acceptors (Lipinski definition) is 6. The van der Waals surface area contributed by atoms with Crippen LogP contribution in [0.3, 0.4) is 0 Å². The molecule has 0 aliphatic carbocycles. The van der Waals surface area contributed by atoms with E-state index < -0.39 is 10.0 Å². The van der Waals surface area contributed by atoms with E-state index in [9.17, 15) is 18.0 Å². The number of hydrogen-bond donors (Lipinski definition) is 1. The Bertz CT molecular complexity index is 1150. The molecule has 0 spiro atoms. The first-order chi connectivity index (χ1) is 12.3. The number of carbonyl (C=O) groups excluding carboxylic acids is 1. The minimum Gasteiger partial charge on any atom is -0.295 e. The number of nitrogens with one attached hydrogen (secondary N) is 1. The van der Waals surface area contributed by atoms with Crippen molar-refractivity contribution in [1.29, 1.82) is 0 Å². The molecule has 0 radical (unpaired) electrons. The number of aromatic nitrogens is 2. The van der Waals surface area contributed by atoms with Gasteiger partial charge in [0.05, 0.1) is 10.3 Å². The van der Waals surface area contributed by atoms with Crippen LogP contribution in [0, 0.1) is 6.92 Å². The summed E-state index contributed by atoms with van der Waals surface area (Å²) >= 11 is 1.39. The van der Waals surface area contributed by atoms with Crippen molar-refractivity contribution >= 4 is 37.4 Å². The van der Waals surface area contributed by atoms with Crippen molar-refractivity contribution in [2.75, 3.05) is 6.54 Å².